The molecule has 0 radical (unpaired) electrons. The van der Waals surface area contributed by atoms with Gasteiger partial charge >= 0.3 is 0 Å². The Morgan fingerprint density at radius 1 is 1.00 bits per heavy atom. The Hall–Kier alpha value is -2.07. The minimum atomic E-state index is -0.0250. The van der Waals surface area contributed by atoms with Gasteiger partial charge < -0.3 is 0 Å². The maximum atomic E-state index is 12.2. The molecule has 0 bridgehead atoms. The van der Waals surface area contributed by atoms with Crippen LogP contribution in [0.1, 0.15) is 27.9 Å². The molecule has 118 valence electrons. The molecule has 0 aliphatic carbocycles. The van der Waals surface area contributed by atoms with Crippen LogP contribution in [0.15, 0.2) is 46.2 Å². The minimum absolute atomic E-state index is 0.0250. The van der Waals surface area contributed by atoms with Crippen LogP contribution in [0.25, 0.3) is 5.65 Å². The molecule has 2 heterocycles. The van der Waals surface area contributed by atoms with Gasteiger partial charge in [0.1, 0.15) is 5.65 Å². The van der Waals surface area contributed by atoms with E-state index in [4.69, 9.17) is 0 Å². The van der Waals surface area contributed by atoms with E-state index in [2.05, 4.69) is 37.9 Å². The summed E-state index contributed by atoms with van der Waals surface area (Å²) in [5, 5.41) is 0. The first-order chi connectivity index (χ1) is 10.9. The average molecular weight is 324 g/mol. The number of aromatic nitrogens is 2. The highest BCUT2D eigenvalue weighted by Gasteiger charge is 2.08. The lowest BCUT2D eigenvalue weighted by Crippen LogP contribution is -2.15. The van der Waals surface area contributed by atoms with Crippen LogP contribution in [-0.2, 0) is 5.75 Å². The number of nitrogens with zero attached hydrogens (tertiary/aromatic N) is 2. The summed E-state index contributed by atoms with van der Waals surface area (Å²) >= 11 is 1.75. The lowest BCUT2D eigenvalue weighted by Gasteiger charge is -2.11. The van der Waals surface area contributed by atoms with Crippen LogP contribution in [0.5, 0.6) is 0 Å². The van der Waals surface area contributed by atoms with E-state index in [1.54, 1.807) is 28.4 Å². The largest absolute Gasteiger partial charge is 0.269 e. The monoisotopic (exact) mass is 324 g/mol. The van der Waals surface area contributed by atoms with Crippen LogP contribution in [0.3, 0.4) is 0 Å². The molecule has 0 unspecified atom stereocenters. The summed E-state index contributed by atoms with van der Waals surface area (Å²) in [5.41, 5.74) is 6.45. The second-order valence-electron chi connectivity index (χ2n) is 6.03. The van der Waals surface area contributed by atoms with Gasteiger partial charge in [0.2, 0.25) is 0 Å². The minimum Gasteiger partial charge on any atom is -0.269 e. The van der Waals surface area contributed by atoms with Crippen molar-refractivity contribution in [1.29, 1.82) is 0 Å². The SMILES string of the molecule is Cc1cc(C)c(SCc2cc(=O)n3ccc(C)cc3n2)c(C)c1. The molecule has 3 nitrogen and oxygen atoms in total. The van der Waals surface area contributed by atoms with Gasteiger partial charge in [-0.1, -0.05) is 17.7 Å². The summed E-state index contributed by atoms with van der Waals surface area (Å²) in [5.74, 6) is 0.699. The molecule has 2 aromatic heterocycles. The van der Waals surface area contributed by atoms with Crippen LogP contribution < -0.4 is 5.56 Å². The van der Waals surface area contributed by atoms with Crippen LogP contribution in [-0.4, -0.2) is 9.38 Å². The number of aryl methyl sites for hydroxylation is 4. The van der Waals surface area contributed by atoms with Crippen molar-refractivity contribution in [2.45, 2.75) is 38.3 Å². The lowest BCUT2D eigenvalue weighted by atomic mass is 10.1. The number of benzene rings is 1. The quantitative estimate of drug-likeness (QED) is 0.677. The van der Waals surface area contributed by atoms with Crippen molar-refractivity contribution < 1.29 is 0 Å². The summed E-state index contributed by atoms with van der Waals surface area (Å²) in [6, 6.07) is 9.89. The first-order valence-electron chi connectivity index (χ1n) is 7.63. The molecule has 1 aromatic carbocycles. The third-order valence-corrected chi connectivity index (χ3v) is 5.22. The van der Waals surface area contributed by atoms with Gasteiger partial charge in [0.15, 0.2) is 0 Å². The Morgan fingerprint density at radius 3 is 2.39 bits per heavy atom. The summed E-state index contributed by atoms with van der Waals surface area (Å²) in [7, 11) is 0. The highest BCUT2D eigenvalue weighted by atomic mass is 32.2. The summed E-state index contributed by atoms with van der Waals surface area (Å²) in [6.45, 7) is 8.39. The highest BCUT2D eigenvalue weighted by Crippen LogP contribution is 2.29. The first kappa shape index (κ1) is 15.8. The molecule has 0 fully saturated rings. The smallest absolute Gasteiger partial charge is 0.258 e. The maximum Gasteiger partial charge on any atom is 0.258 e. The molecule has 0 N–H and O–H groups in total. The van der Waals surface area contributed by atoms with E-state index >= 15 is 0 Å². The number of fused-ring (bicyclic) bond motifs is 1. The Kier molecular flexibility index (Phi) is 4.26. The van der Waals surface area contributed by atoms with Crippen molar-refractivity contribution in [1.82, 2.24) is 9.38 Å². The third kappa shape index (κ3) is 3.32. The van der Waals surface area contributed by atoms with Crippen molar-refractivity contribution >= 4 is 17.4 Å². The Balaban J connectivity index is 1.92. The van der Waals surface area contributed by atoms with E-state index < -0.39 is 0 Å². The molecule has 0 saturated heterocycles. The van der Waals surface area contributed by atoms with E-state index in [9.17, 15) is 4.79 Å². The Labute approximate surface area is 140 Å². The fourth-order valence-corrected chi connectivity index (χ4v) is 3.88. The lowest BCUT2D eigenvalue weighted by molar-refractivity contribution is 1.01. The van der Waals surface area contributed by atoms with Gasteiger partial charge in [-0.2, -0.15) is 0 Å². The van der Waals surface area contributed by atoms with Gasteiger partial charge in [-0.05, 0) is 56.5 Å². The van der Waals surface area contributed by atoms with Crippen molar-refractivity contribution in [3.63, 3.8) is 0 Å². The van der Waals surface area contributed by atoms with Gasteiger partial charge in [0, 0.05) is 22.9 Å². The molecular formula is C19H20N2OS. The van der Waals surface area contributed by atoms with E-state index in [1.807, 2.05) is 19.1 Å². The van der Waals surface area contributed by atoms with Crippen LogP contribution in [0, 0.1) is 27.7 Å². The van der Waals surface area contributed by atoms with E-state index in [0.717, 1.165) is 11.3 Å². The number of hydrogen-bond donors (Lipinski definition) is 0. The van der Waals surface area contributed by atoms with Gasteiger partial charge in [-0.15, -0.1) is 11.8 Å². The Bertz CT molecular complexity index is 921. The number of pyridine rings is 1. The molecule has 3 aromatic rings. The fraction of sp³-hybridized carbons (Fsp3) is 0.263. The molecule has 0 saturated carbocycles. The van der Waals surface area contributed by atoms with Crippen LogP contribution in [0.2, 0.25) is 0 Å². The summed E-state index contributed by atoms with van der Waals surface area (Å²) in [6.07, 6.45) is 1.78. The van der Waals surface area contributed by atoms with Gasteiger partial charge in [0.05, 0.1) is 5.69 Å². The predicted octanol–water partition coefficient (Wildman–Crippen LogP) is 4.22. The highest BCUT2D eigenvalue weighted by molar-refractivity contribution is 7.98. The number of thioether (sulfide) groups is 1. The molecule has 4 heteroatoms. The van der Waals surface area contributed by atoms with Crippen molar-refractivity contribution in [2.24, 2.45) is 0 Å². The molecule has 0 spiro atoms. The second kappa shape index (κ2) is 6.20. The summed E-state index contributed by atoms with van der Waals surface area (Å²) in [4.78, 5) is 18.1. The molecule has 0 aliphatic rings. The third-order valence-electron chi connectivity index (χ3n) is 3.84. The first-order valence-corrected chi connectivity index (χ1v) is 8.62. The Morgan fingerprint density at radius 2 is 1.70 bits per heavy atom. The van der Waals surface area contributed by atoms with Crippen molar-refractivity contribution in [2.75, 3.05) is 0 Å². The van der Waals surface area contributed by atoms with E-state index in [0.29, 0.717) is 11.4 Å². The number of rotatable bonds is 3. The zero-order chi connectivity index (χ0) is 16.6. The normalized spacial score (nSPS) is 11.1. The fourth-order valence-electron chi connectivity index (χ4n) is 2.87. The maximum absolute atomic E-state index is 12.2. The average Bonchev–Trinajstić information content (AvgIpc) is 2.45. The molecular weight excluding hydrogens is 304 g/mol. The standard InChI is InChI=1S/C19H20N2OS/c1-12-5-6-21-17(9-12)20-16(10-18(21)22)11-23-19-14(3)7-13(2)8-15(19)4/h5-10H,11H2,1-4H3. The van der Waals surface area contributed by atoms with Crippen LogP contribution in [0.4, 0.5) is 0 Å². The second-order valence-corrected chi connectivity index (χ2v) is 7.02. The molecule has 0 aliphatic heterocycles. The van der Waals surface area contributed by atoms with Crippen molar-refractivity contribution in [3.8, 4) is 0 Å². The number of hydrogen-bond acceptors (Lipinski definition) is 3. The van der Waals surface area contributed by atoms with Gasteiger partial charge in [-0.25, -0.2) is 4.98 Å². The molecule has 23 heavy (non-hydrogen) atoms. The van der Waals surface area contributed by atoms with Gasteiger partial charge in [-0.3, -0.25) is 9.20 Å². The summed E-state index contributed by atoms with van der Waals surface area (Å²) < 4.78 is 1.59. The molecule has 0 amide bonds. The zero-order valence-corrected chi connectivity index (χ0v) is 14.7. The molecule has 3 rings (SSSR count). The zero-order valence-electron chi connectivity index (χ0n) is 13.9. The van der Waals surface area contributed by atoms with E-state index in [-0.39, 0.29) is 5.56 Å². The molecule has 0 atom stereocenters. The predicted molar refractivity (Wildman–Crippen MR) is 96.4 cm³/mol. The topological polar surface area (TPSA) is 34.4 Å². The van der Waals surface area contributed by atoms with Gasteiger partial charge in [0.25, 0.3) is 5.56 Å². The van der Waals surface area contributed by atoms with Crippen LogP contribution >= 0.6 is 11.8 Å². The van der Waals surface area contributed by atoms with Crippen molar-refractivity contribution in [3.05, 3.63) is 74.8 Å². The van der Waals surface area contributed by atoms with E-state index in [1.165, 1.54) is 21.6 Å².